The summed E-state index contributed by atoms with van der Waals surface area (Å²) in [5, 5.41) is 17.8. The van der Waals surface area contributed by atoms with Gasteiger partial charge in [-0.1, -0.05) is 19.4 Å². The summed E-state index contributed by atoms with van der Waals surface area (Å²) in [5.74, 6) is 3.78. The predicted octanol–water partition coefficient (Wildman–Crippen LogP) is 4.05. The van der Waals surface area contributed by atoms with Gasteiger partial charge in [0.1, 0.15) is 11.6 Å². The van der Waals surface area contributed by atoms with E-state index in [0.29, 0.717) is 5.92 Å². The quantitative estimate of drug-likeness (QED) is 0.222. The van der Waals surface area contributed by atoms with Crippen LogP contribution >= 0.6 is 35.3 Å². The van der Waals surface area contributed by atoms with Gasteiger partial charge in [0.15, 0.2) is 5.96 Å². The van der Waals surface area contributed by atoms with Gasteiger partial charge in [0.2, 0.25) is 0 Å². The predicted molar refractivity (Wildman–Crippen MR) is 132 cm³/mol. The number of thiophene rings is 1. The summed E-state index contributed by atoms with van der Waals surface area (Å²) < 4.78 is 2.35. The van der Waals surface area contributed by atoms with Gasteiger partial charge in [-0.2, -0.15) is 0 Å². The van der Waals surface area contributed by atoms with Crippen LogP contribution in [0.1, 0.15) is 56.1 Å². The van der Waals surface area contributed by atoms with Crippen molar-refractivity contribution in [3.05, 3.63) is 34.0 Å². The fourth-order valence-electron chi connectivity index (χ4n) is 3.61. The van der Waals surface area contributed by atoms with Crippen LogP contribution in [0.25, 0.3) is 0 Å². The molecular weight excluding hydrogens is 495 g/mol. The fraction of sp³-hybridized carbons (Fsp3) is 0.667. The summed E-state index contributed by atoms with van der Waals surface area (Å²) in [5.41, 5.74) is 0. The molecule has 0 aromatic carbocycles. The molecule has 0 radical (unpaired) electrons. The SMILES string of the molecule is CCNC(=NCC(C)Cc1cccs1)NCCCc1nnc2n1CCCCC2.I. The Morgan fingerprint density at radius 2 is 2.17 bits per heavy atom. The average Bonchev–Trinajstić information content (AvgIpc) is 3.27. The molecular formula is C21H35IN6S. The molecule has 2 aromatic rings. The summed E-state index contributed by atoms with van der Waals surface area (Å²) in [6.07, 6.45) is 7.97. The maximum Gasteiger partial charge on any atom is 0.191 e. The monoisotopic (exact) mass is 530 g/mol. The Labute approximate surface area is 196 Å². The Kier molecular flexibility index (Phi) is 11.0. The number of nitrogens with one attached hydrogen (secondary N) is 2. The highest BCUT2D eigenvalue weighted by atomic mass is 127. The Bertz CT molecular complexity index is 728. The molecule has 8 heteroatoms. The minimum atomic E-state index is 0. The Balaban J connectivity index is 0.00000300. The van der Waals surface area contributed by atoms with E-state index in [1.165, 1.54) is 30.0 Å². The zero-order valence-corrected chi connectivity index (χ0v) is 20.8. The molecule has 0 saturated carbocycles. The molecule has 0 spiro atoms. The van der Waals surface area contributed by atoms with Crippen molar-refractivity contribution in [1.82, 2.24) is 25.4 Å². The van der Waals surface area contributed by atoms with Gasteiger partial charge in [-0.05, 0) is 50.0 Å². The number of aliphatic imine (C=N–C) groups is 1. The third-order valence-electron chi connectivity index (χ3n) is 5.09. The molecule has 1 aliphatic rings. The van der Waals surface area contributed by atoms with Crippen molar-refractivity contribution in [2.45, 2.75) is 65.3 Å². The van der Waals surface area contributed by atoms with Crippen LogP contribution < -0.4 is 10.6 Å². The molecule has 29 heavy (non-hydrogen) atoms. The van der Waals surface area contributed by atoms with Gasteiger partial charge in [-0.25, -0.2) is 0 Å². The standard InChI is InChI=1S/C21H34N6S.HI/c1-3-22-21(24-16-17(2)15-18-9-8-14-28-18)23-12-7-11-20-26-25-19-10-5-4-6-13-27(19)20;/h8-9,14,17H,3-7,10-13,15-16H2,1-2H3,(H2,22,23,24);1H. The van der Waals surface area contributed by atoms with Crippen molar-refractivity contribution in [3.63, 3.8) is 0 Å². The zero-order valence-electron chi connectivity index (χ0n) is 17.7. The van der Waals surface area contributed by atoms with Crippen LogP contribution in [-0.4, -0.2) is 40.4 Å². The van der Waals surface area contributed by atoms with E-state index in [1.54, 1.807) is 0 Å². The first kappa shape index (κ1) is 24.1. The molecule has 0 saturated heterocycles. The lowest BCUT2D eigenvalue weighted by molar-refractivity contribution is 0.588. The molecule has 0 fully saturated rings. The average molecular weight is 531 g/mol. The van der Waals surface area contributed by atoms with Gasteiger partial charge in [0.25, 0.3) is 0 Å². The molecule has 0 aliphatic carbocycles. The van der Waals surface area contributed by atoms with Gasteiger partial charge >= 0.3 is 0 Å². The van der Waals surface area contributed by atoms with E-state index in [2.05, 4.69) is 56.8 Å². The van der Waals surface area contributed by atoms with E-state index in [4.69, 9.17) is 4.99 Å². The molecule has 6 nitrogen and oxygen atoms in total. The summed E-state index contributed by atoms with van der Waals surface area (Å²) in [6, 6.07) is 4.33. The highest BCUT2D eigenvalue weighted by Crippen LogP contribution is 2.15. The van der Waals surface area contributed by atoms with E-state index < -0.39 is 0 Å². The minimum absolute atomic E-state index is 0. The molecule has 0 bridgehead atoms. The fourth-order valence-corrected chi connectivity index (χ4v) is 4.48. The van der Waals surface area contributed by atoms with Crippen LogP contribution in [0.5, 0.6) is 0 Å². The van der Waals surface area contributed by atoms with Crippen LogP contribution in [0.2, 0.25) is 0 Å². The first-order chi connectivity index (χ1) is 13.8. The van der Waals surface area contributed by atoms with Crippen molar-refractivity contribution in [1.29, 1.82) is 0 Å². The van der Waals surface area contributed by atoms with Gasteiger partial charge in [0, 0.05) is 43.9 Å². The summed E-state index contributed by atoms with van der Waals surface area (Å²) in [7, 11) is 0. The van der Waals surface area contributed by atoms with E-state index in [1.807, 2.05) is 11.3 Å². The van der Waals surface area contributed by atoms with Crippen molar-refractivity contribution >= 4 is 41.3 Å². The number of aromatic nitrogens is 3. The highest BCUT2D eigenvalue weighted by Gasteiger charge is 2.14. The summed E-state index contributed by atoms with van der Waals surface area (Å²) >= 11 is 1.83. The lowest BCUT2D eigenvalue weighted by Crippen LogP contribution is -2.38. The molecule has 3 rings (SSSR count). The second-order valence-electron chi connectivity index (χ2n) is 7.63. The number of fused-ring (bicyclic) bond motifs is 1. The van der Waals surface area contributed by atoms with Crippen LogP contribution in [-0.2, 0) is 25.8 Å². The third-order valence-corrected chi connectivity index (χ3v) is 5.99. The Morgan fingerprint density at radius 3 is 2.97 bits per heavy atom. The second kappa shape index (κ2) is 13.2. The van der Waals surface area contributed by atoms with Crippen LogP contribution in [0, 0.1) is 5.92 Å². The number of hydrogen-bond donors (Lipinski definition) is 2. The van der Waals surface area contributed by atoms with Gasteiger partial charge in [0.05, 0.1) is 0 Å². The largest absolute Gasteiger partial charge is 0.357 e. The minimum Gasteiger partial charge on any atom is -0.357 e. The topological polar surface area (TPSA) is 67.1 Å². The maximum atomic E-state index is 4.78. The highest BCUT2D eigenvalue weighted by molar-refractivity contribution is 14.0. The zero-order chi connectivity index (χ0) is 19.6. The molecule has 1 atom stereocenters. The molecule has 2 N–H and O–H groups in total. The number of nitrogens with zero attached hydrogens (tertiary/aromatic N) is 4. The van der Waals surface area contributed by atoms with Gasteiger partial charge < -0.3 is 15.2 Å². The van der Waals surface area contributed by atoms with Crippen molar-refractivity contribution in [3.8, 4) is 0 Å². The number of halogens is 1. The summed E-state index contributed by atoms with van der Waals surface area (Å²) in [6.45, 7) is 8.07. The number of aryl methyl sites for hydroxylation is 2. The molecule has 2 aromatic heterocycles. The van der Waals surface area contributed by atoms with Crippen molar-refractivity contribution < 1.29 is 0 Å². The van der Waals surface area contributed by atoms with Crippen LogP contribution in [0.3, 0.4) is 0 Å². The van der Waals surface area contributed by atoms with E-state index >= 15 is 0 Å². The van der Waals surface area contributed by atoms with E-state index in [-0.39, 0.29) is 24.0 Å². The number of hydrogen-bond acceptors (Lipinski definition) is 4. The molecule has 162 valence electrons. The maximum absolute atomic E-state index is 4.78. The number of rotatable bonds is 9. The summed E-state index contributed by atoms with van der Waals surface area (Å²) in [4.78, 5) is 6.22. The van der Waals surface area contributed by atoms with Crippen molar-refractivity contribution in [2.24, 2.45) is 10.9 Å². The lowest BCUT2D eigenvalue weighted by atomic mass is 10.1. The van der Waals surface area contributed by atoms with Gasteiger partial charge in [-0.3, -0.25) is 4.99 Å². The molecule has 3 heterocycles. The molecule has 0 amide bonds. The van der Waals surface area contributed by atoms with Gasteiger partial charge in [-0.15, -0.1) is 45.5 Å². The lowest BCUT2D eigenvalue weighted by Gasteiger charge is -2.13. The third kappa shape index (κ3) is 7.88. The van der Waals surface area contributed by atoms with Crippen LogP contribution in [0.4, 0.5) is 0 Å². The first-order valence-electron chi connectivity index (χ1n) is 10.7. The Morgan fingerprint density at radius 1 is 1.28 bits per heavy atom. The Hall–Kier alpha value is -1.16. The van der Waals surface area contributed by atoms with Crippen molar-refractivity contribution in [2.75, 3.05) is 19.6 Å². The second-order valence-corrected chi connectivity index (χ2v) is 8.67. The smallest absolute Gasteiger partial charge is 0.191 e. The van der Waals surface area contributed by atoms with Crippen LogP contribution in [0.15, 0.2) is 22.5 Å². The van der Waals surface area contributed by atoms with E-state index in [9.17, 15) is 0 Å². The molecule has 1 aliphatic heterocycles. The molecule has 1 unspecified atom stereocenters. The van der Waals surface area contributed by atoms with E-state index in [0.717, 1.165) is 63.6 Å². The number of guanidine groups is 1. The first-order valence-corrected chi connectivity index (χ1v) is 11.6. The normalized spacial score (nSPS) is 15.2.